The molecule has 1 aromatic carbocycles. The Morgan fingerprint density at radius 1 is 1.58 bits per heavy atom. The van der Waals surface area contributed by atoms with Crippen LogP contribution in [-0.4, -0.2) is 10.9 Å². The zero-order chi connectivity index (χ0) is 9.30. The zero-order valence-corrected chi connectivity index (χ0v) is 7.02. The van der Waals surface area contributed by atoms with Gasteiger partial charge in [0.2, 0.25) is 0 Å². The summed E-state index contributed by atoms with van der Waals surface area (Å²) in [5.41, 5.74) is -0.267. The lowest BCUT2D eigenvalue weighted by molar-refractivity contribution is 0.101. The molecule has 0 radical (unpaired) electrons. The summed E-state index contributed by atoms with van der Waals surface area (Å²) in [5.74, 6) is -2.03. The van der Waals surface area contributed by atoms with Crippen molar-refractivity contribution in [3.63, 3.8) is 0 Å². The van der Waals surface area contributed by atoms with Gasteiger partial charge in [0.1, 0.15) is 0 Å². The number of hydrogen-bond donors (Lipinski definition) is 1. The van der Waals surface area contributed by atoms with Crippen LogP contribution in [0.15, 0.2) is 12.1 Å². The second-order valence-electron chi connectivity index (χ2n) is 2.31. The number of halogens is 2. The third kappa shape index (κ3) is 1.41. The molecule has 0 aliphatic rings. The van der Waals surface area contributed by atoms with Gasteiger partial charge in [0.05, 0.1) is 10.6 Å². The molecule has 0 atom stereocenters. The molecule has 0 fully saturated rings. The maximum absolute atomic E-state index is 13.0. The third-order valence-electron chi connectivity index (χ3n) is 1.42. The smallest absolute Gasteiger partial charge is 0.177 e. The van der Waals surface area contributed by atoms with E-state index in [1.807, 2.05) is 0 Å². The molecule has 0 aliphatic heterocycles. The molecule has 0 amide bonds. The zero-order valence-electron chi connectivity index (χ0n) is 6.27. The van der Waals surface area contributed by atoms with Gasteiger partial charge in [0, 0.05) is 0 Å². The normalized spacial score (nSPS) is 9.92. The lowest BCUT2D eigenvalue weighted by atomic mass is 10.1. The quantitative estimate of drug-likeness (QED) is 0.687. The average molecular weight is 189 g/mol. The topological polar surface area (TPSA) is 37.3 Å². The van der Waals surface area contributed by atoms with Gasteiger partial charge in [-0.25, -0.2) is 4.39 Å². The predicted octanol–water partition coefficient (Wildman–Crippen LogP) is 2.39. The van der Waals surface area contributed by atoms with E-state index >= 15 is 0 Å². The largest absolute Gasteiger partial charge is 0.505 e. The van der Waals surface area contributed by atoms with Crippen molar-refractivity contribution in [2.45, 2.75) is 6.92 Å². The van der Waals surface area contributed by atoms with Crippen LogP contribution in [0.4, 0.5) is 4.39 Å². The number of carbonyl (C=O) groups excluding carboxylic acids is 1. The van der Waals surface area contributed by atoms with Gasteiger partial charge in [-0.1, -0.05) is 11.6 Å². The van der Waals surface area contributed by atoms with Crippen molar-refractivity contribution in [2.24, 2.45) is 0 Å². The minimum atomic E-state index is -0.963. The summed E-state index contributed by atoms with van der Waals surface area (Å²) in [7, 11) is 0. The first kappa shape index (κ1) is 9.00. The maximum Gasteiger partial charge on any atom is 0.177 e. The summed E-state index contributed by atoms with van der Waals surface area (Å²) in [4.78, 5) is 10.8. The van der Waals surface area contributed by atoms with E-state index in [1.54, 1.807) is 0 Å². The van der Waals surface area contributed by atoms with Crippen molar-refractivity contribution in [1.29, 1.82) is 0 Å². The van der Waals surface area contributed by atoms with Crippen LogP contribution in [-0.2, 0) is 0 Å². The molecule has 0 aliphatic carbocycles. The highest BCUT2D eigenvalue weighted by atomic mass is 35.5. The van der Waals surface area contributed by atoms with Crippen LogP contribution in [0.3, 0.4) is 0 Å². The summed E-state index contributed by atoms with van der Waals surface area (Å²) in [6.45, 7) is 1.18. The molecule has 0 saturated carbocycles. The molecular formula is C8H6ClFO2. The summed E-state index contributed by atoms with van der Waals surface area (Å²) < 4.78 is 13.0. The molecule has 1 N–H and O–H groups in total. The second kappa shape index (κ2) is 3.11. The van der Waals surface area contributed by atoms with Gasteiger partial charge in [0.15, 0.2) is 17.3 Å². The molecule has 12 heavy (non-hydrogen) atoms. The molecule has 1 rings (SSSR count). The van der Waals surface area contributed by atoms with E-state index < -0.39 is 17.3 Å². The minimum Gasteiger partial charge on any atom is -0.505 e. The average Bonchev–Trinajstić information content (AvgIpc) is 1.97. The number of rotatable bonds is 1. The van der Waals surface area contributed by atoms with Crippen molar-refractivity contribution < 1.29 is 14.3 Å². The number of hydrogen-bond acceptors (Lipinski definition) is 2. The molecule has 0 spiro atoms. The van der Waals surface area contributed by atoms with Crippen LogP contribution >= 0.6 is 11.6 Å². The number of benzene rings is 1. The molecular weight excluding hydrogens is 183 g/mol. The van der Waals surface area contributed by atoms with Gasteiger partial charge in [0.25, 0.3) is 0 Å². The summed E-state index contributed by atoms with van der Waals surface area (Å²) in [5, 5.41) is 8.90. The third-order valence-corrected chi connectivity index (χ3v) is 1.74. The van der Waals surface area contributed by atoms with Crippen LogP contribution in [0.25, 0.3) is 0 Å². The van der Waals surface area contributed by atoms with Crippen LogP contribution in [0, 0.1) is 5.82 Å². The van der Waals surface area contributed by atoms with Gasteiger partial charge in [-0.05, 0) is 19.1 Å². The van der Waals surface area contributed by atoms with E-state index in [0.29, 0.717) is 0 Å². The Morgan fingerprint density at radius 2 is 2.17 bits per heavy atom. The second-order valence-corrected chi connectivity index (χ2v) is 2.72. The number of phenols is 1. The number of aromatic hydroxyl groups is 1. The van der Waals surface area contributed by atoms with Crippen molar-refractivity contribution in [3.8, 4) is 5.75 Å². The number of carbonyl (C=O) groups is 1. The molecule has 0 saturated heterocycles. The van der Waals surface area contributed by atoms with E-state index in [4.69, 9.17) is 16.7 Å². The molecule has 0 unspecified atom stereocenters. The first-order chi connectivity index (χ1) is 5.54. The van der Waals surface area contributed by atoms with E-state index in [-0.39, 0.29) is 10.6 Å². The Bertz CT molecular complexity index is 336. The van der Waals surface area contributed by atoms with E-state index in [1.165, 1.54) is 13.0 Å². The first-order valence-corrected chi connectivity index (χ1v) is 3.59. The summed E-state index contributed by atoms with van der Waals surface area (Å²) in [6.07, 6.45) is 0. The molecule has 64 valence electrons. The fourth-order valence-corrected chi connectivity index (χ4v) is 1.14. The Balaban J connectivity index is 3.43. The van der Waals surface area contributed by atoms with E-state index in [0.717, 1.165) is 6.07 Å². The van der Waals surface area contributed by atoms with E-state index in [9.17, 15) is 9.18 Å². The minimum absolute atomic E-state index is 0.0119. The number of Topliss-reactive ketones (excluding diaryl/α,β-unsaturated/α-hetero) is 1. The van der Waals surface area contributed by atoms with Crippen LogP contribution in [0.1, 0.15) is 17.3 Å². The lowest BCUT2D eigenvalue weighted by Crippen LogP contribution is -1.98. The lowest BCUT2D eigenvalue weighted by Gasteiger charge is -2.02. The molecule has 0 bridgehead atoms. The first-order valence-electron chi connectivity index (χ1n) is 3.22. The van der Waals surface area contributed by atoms with Gasteiger partial charge >= 0.3 is 0 Å². The number of phenolic OH excluding ortho intramolecular Hbond substituents is 1. The van der Waals surface area contributed by atoms with Crippen molar-refractivity contribution in [1.82, 2.24) is 0 Å². The highest BCUT2D eigenvalue weighted by Gasteiger charge is 2.15. The van der Waals surface area contributed by atoms with Gasteiger partial charge in [-0.15, -0.1) is 0 Å². The SMILES string of the molecule is CC(=O)c1c(Cl)ccc(O)c1F. The van der Waals surface area contributed by atoms with E-state index in [2.05, 4.69) is 0 Å². The van der Waals surface area contributed by atoms with Crippen molar-refractivity contribution in [3.05, 3.63) is 28.5 Å². The molecule has 2 nitrogen and oxygen atoms in total. The number of ketones is 1. The van der Waals surface area contributed by atoms with Crippen molar-refractivity contribution >= 4 is 17.4 Å². The Morgan fingerprint density at radius 3 is 2.58 bits per heavy atom. The highest BCUT2D eigenvalue weighted by molar-refractivity contribution is 6.33. The monoisotopic (exact) mass is 188 g/mol. The van der Waals surface area contributed by atoms with Crippen LogP contribution in [0.5, 0.6) is 5.75 Å². The predicted molar refractivity (Wildman–Crippen MR) is 43.1 cm³/mol. The van der Waals surface area contributed by atoms with Crippen molar-refractivity contribution in [2.75, 3.05) is 0 Å². The standard InChI is InChI=1S/C8H6ClFO2/c1-4(11)7-5(9)2-3-6(12)8(7)10/h2-3,12H,1H3. The molecule has 1 aromatic rings. The maximum atomic E-state index is 13.0. The van der Waals surface area contributed by atoms with Crippen LogP contribution in [0.2, 0.25) is 5.02 Å². The van der Waals surface area contributed by atoms with Gasteiger partial charge in [-0.3, -0.25) is 4.79 Å². The fraction of sp³-hybridized carbons (Fsp3) is 0.125. The van der Waals surface area contributed by atoms with Crippen LogP contribution < -0.4 is 0 Å². The molecule has 0 heterocycles. The Hall–Kier alpha value is -1.09. The molecule has 4 heteroatoms. The van der Waals surface area contributed by atoms with Gasteiger partial charge in [-0.2, -0.15) is 0 Å². The molecule has 0 aromatic heterocycles. The highest BCUT2D eigenvalue weighted by Crippen LogP contribution is 2.26. The summed E-state index contributed by atoms with van der Waals surface area (Å²) >= 11 is 5.52. The fourth-order valence-electron chi connectivity index (χ4n) is 0.864. The van der Waals surface area contributed by atoms with Gasteiger partial charge < -0.3 is 5.11 Å². The summed E-state index contributed by atoms with van der Waals surface area (Å²) in [6, 6.07) is 2.38. The Labute approximate surface area is 73.6 Å². The Kier molecular flexibility index (Phi) is 2.33.